The fraction of sp³-hybridized carbons (Fsp3) is 0.333. The minimum atomic E-state index is 0.660. The van der Waals surface area contributed by atoms with Gasteiger partial charge in [0.1, 0.15) is 13.2 Å². The fourth-order valence-electron chi connectivity index (χ4n) is 1.21. The zero-order chi connectivity index (χ0) is 8.39. The minimum Gasteiger partial charge on any atom is -0.486 e. The first-order valence-electron chi connectivity index (χ1n) is 3.99. The summed E-state index contributed by atoms with van der Waals surface area (Å²) < 4.78 is 10.8. The van der Waals surface area contributed by atoms with Crippen molar-refractivity contribution in [3.05, 3.63) is 23.8 Å². The maximum Gasteiger partial charge on any atom is 0.161 e. The van der Waals surface area contributed by atoms with Crippen LogP contribution in [0.25, 0.3) is 0 Å². The molecule has 12 heavy (non-hydrogen) atoms. The van der Waals surface area contributed by atoms with E-state index in [-0.39, 0.29) is 0 Å². The molecule has 2 rings (SSSR count). The molecule has 0 bridgehead atoms. The normalized spacial score (nSPS) is 14.4. The van der Waals surface area contributed by atoms with Gasteiger partial charge in [-0.15, -0.1) is 9.24 Å². The lowest BCUT2D eigenvalue weighted by Gasteiger charge is -2.18. The third-order valence-electron chi connectivity index (χ3n) is 1.84. The summed E-state index contributed by atoms with van der Waals surface area (Å²) in [4.78, 5) is 0. The monoisotopic (exact) mass is 182 g/mol. The average molecular weight is 182 g/mol. The van der Waals surface area contributed by atoms with Crippen LogP contribution in [0, 0.1) is 0 Å². The van der Waals surface area contributed by atoms with E-state index in [1.165, 1.54) is 5.56 Å². The van der Waals surface area contributed by atoms with Gasteiger partial charge in [0.2, 0.25) is 0 Å². The molecule has 1 aliphatic heterocycles. The third-order valence-corrected chi connectivity index (χ3v) is 2.31. The predicted molar refractivity (Wildman–Crippen MR) is 50.8 cm³/mol. The Morgan fingerprint density at radius 1 is 1.17 bits per heavy atom. The second-order valence-electron chi connectivity index (χ2n) is 2.68. The van der Waals surface area contributed by atoms with Crippen LogP contribution in [0.3, 0.4) is 0 Å². The Labute approximate surface area is 74.1 Å². The first-order chi connectivity index (χ1) is 5.90. The SMILES string of the molecule is PCc1ccc2c(c1)OCCO2. The van der Waals surface area contributed by atoms with Crippen molar-refractivity contribution in [1.82, 2.24) is 0 Å². The molecule has 64 valence electrons. The molecule has 2 nitrogen and oxygen atoms in total. The van der Waals surface area contributed by atoms with Crippen LogP contribution in [0.4, 0.5) is 0 Å². The molecule has 0 aromatic heterocycles. The first-order valence-corrected chi connectivity index (χ1v) is 4.80. The lowest BCUT2D eigenvalue weighted by atomic mass is 10.2. The van der Waals surface area contributed by atoms with Crippen LogP contribution in [0.15, 0.2) is 18.2 Å². The van der Waals surface area contributed by atoms with Gasteiger partial charge in [0.25, 0.3) is 0 Å². The number of hydrogen-bond donors (Lipinski definition) is 0. The molecule has 0 saturated heterocycles. The number of benzene rings is 1. The predicted octanol–water partition coefficient (Wildman–Crippen LogP) is 1.83. The van der Waals surface area contributed by atoms with Crippen LogP contribution >= 0.6 is 9.24 Å². The van der Waals surface area contributed by atoms with E-state index in [4.69, 9.17) is 9.47 Å². The second kappa shape index (κ2) is 3.32. The van der Waals surface area contributed by atoms with Crippen LogP contribution in [-0.4, -0.2) is 13.2 Å². The summed E-state index contributed by atoms with van der Waals surface area (Å²) in [6.45, 7) is 1.32. The van der Waals surface area contributed by atoms with Crippen molar-refractivity contribution in [2.24, 2.45) is 0 Å². The van der Waals surface area contributed by atoms with Crippen LogP contribution in [-0.2, 0) is 6.16 Å². The van der Waals surface area contributed by atoms with Gasteiger partial charge in [0.05, 0.1) is 0 Å². The summed E-state index contributed by atoms with van der Waals surface area (Å²) >= 11 is 0. The first kappa shape index (κ1) is 7.88. The Bertz CT molecular complexity index is 286. The molecule has 3 heteroatoms. The van der Waals surface area contributed by atoms with Gasteiger partial charge in [-0.05, 0) is 23.9 Å². The van der Waals surface area contributed by atoms with Crippen LogP contribution in [0.5, 0.6) is 11.5 Å². The van der Waals surface area contributed by atoms with Crippen LogP contribution in [0.1, 0.15) is 5.56 Å². The average Bonchev–Trinajstić information content (AvgIpc) is 2.17. The van der Waals surface area contributed by atoms with E-state index in [0.29, 0.717) is 13.2 Å². The Morgan fingerprint density at radius 3 is 2.67 bits per heavy atom. The van der Waals surface area contributed by atoms with E-state index in [1.54, 1.807) is 0 Å². The second-order valence-corrected chi connectivity index (χ2v) is 3.09. The molecule has 1 aromatic carbocycles. The topological polar surface area (TPSA) is 18.5 Å². The lowest BCUT2D eigenvalue weighted by molar-refractivity contribution is 0.171. The summed E-state index contributed by atoms with van der Waals surface area (Å²) in [5.74, 6) is 1.74. The van der Waals surface area contributed by atoms with Crippen LogP contribution in [0.2, 0.25) is 0 Å². The number of hydrogen-bond acceptors (Lipinski definition) is 2. The zero-order valence-corrected chi connectivity index (χ0v) is 7.90. The quantitative estimate of drug-likeness (QED) is 0.617. The fourth-order valence-corrected chi connectivity index (χ4v) is 1.47. The molecule has 1 unspecified atom stereocenters. The van der Waals surface area contributed by atoms with Gasteiger partial charge in [-0.2, -0.15) is 0 Å². The summed E-state index contributed by atoms with van der Waals surface area (Å²) in [6, 6.07) is 6.05. The molecule has 0 N–H and O–H groups in total. The van der Waals surface area contributed by atoms with Crippen LogP contribution < -0.4 is 9.47 Å². The summed E-state index contributed by atoms with van der Waals surface area (Å²) in [5.41, 5.74) is 1.25. The molecular formula is C9H11O2P. The summed E-state index contributed by atoms with van der Waals surface area (Å²) in [5, 5.41) is 0. The van der Waals surface area contributed by atoms with Crippen molar-refractivity contribution in [3.8, 4) is 11.5 Å². The van der Waals surface area contributed by atoms with Crippen molar-refractivity contribution < 1.29 is 9.47 Å². The van der Waals surface area contributed by atoms with E-state index in [1.807, 2.05) is 12.1 Å². The molecular weight excluding hydrogens is 171 g/mol. The van der Waals surface area contributed by atoms with Crippen molar-refractivity contribution in [3.63, 3.8) is 0 Å². The van der Waals surface area contributed by atoms with Crippen molar-refractivity contribution in [2.45, 2.75) is 6.16 Å². The molecule has 0 amide bonds. The van der Waals surface area contributed by atoms with Gasteiger partial charge in [-0.25, -0.2) is 0 Å². The van der Waals surface area contributed by atoms with E-state index in [9.17, 15) is 0 Å². The van der Waals surface area contributed by atoms with Crippen molar-refractivity contribution in [1.29, 1.82) is 0 Å². The molecule has 0 saturated carbocycles. The minimum absolute atomic E-state index is 0.660. The molecule has 0 aliphatic carbocycles. The van der Waals surface area contributed by atoms with Gasteiger partial charge >= 0.3 is 0 Å². The number of rotatable bonds is 1. The number of fused-ring (bicyclic) bond motifs is 1. The summed E-state index contributed by atoms with van der Waals surface area (Å²) in [6.07, 6.45) is 0.955. The maximum atomic E-state index is 5.43. The molecule has 1 aliphatic rings. The smallest absolute Gasteiger partial charge is 0.161 e. The highest BCUT2D eigenvalue weighted by molar-refractivity contribution is 7.15. The van der Waals surface area contributed by atoms with Gasteiger partial charge in [0.15, 0.2) is 11.5 Å². The highest BCUT2D eigenvalue weighted by Gasteiger charge is 2.10. The van der Waals surface area contributed by atoms with Crippen molar-refractivity contribution in [2.75, 3.05) is 13.2 Å². The summed E-state index contributed by atoms with van der Waals surface area (Å²) in [7, 11) is 2.69. The van der Waals surface area contributed by atoms with E-state index in [0.717, 1.165) is 17.7 Å². The third kappa shape index (κ3) is 1.39. The van der Waals surface area contributed by atoms with Crippen molar-refractivity contribution >= 4 is 9.24 Å². The van der Waals surface area contributed by atoms with Gasteiger partial charge in [0, 0.05) is 0 Å². The molecule has 1 aromatic rings. The van der Waals surface area contributed by atoms with E-state index in [2.05, 4.69) is 15.3 Å². The number of ether oxygens (including phenoxy) is 2. The van der Waals surface area contributed by atoms with Gasteiger partial charge < -0.3 is 9.47 Å². The highest BCUT2D eigenvalue weighted by Crippen LogP contribution is 2.31. The maximum absolute atomic E-state index is 5.43. The zero-order valence-electron chi connectivity index (χ0n) is 6.75. The lowest BCUT2D eigenvalue weighted by Crippen LogP contribution is -2.15. The Balaban J connectivity index is 2.36. The van der Waals surface area contributed by atoms with Gasteiger partial charge in [-0.1, -0.05) is 6.07 Å². The standard InChI is InChI=1S/C9H11O2P/c12-6-7-1-2-8-9(5-7)11-4-3-10-8/h1-2,5H,3-4,6,12H2. The Kier molecular flexibility index (Phi) is 2.18. The van der Waals surface area contributed by atoms with E-state index >= 15 is 0 Å². The molecule has 1 heterocycles. The molecule has 0 radical (unpaired) electrons. The molecule has 1 atom stereocenters. The Morgan fingerprint density at radius 2 is 1.92 bits per heavy atom. The highest BCUT2D eigenvalue weighted by atomic mass is 31.0. The Hall–Kier alpha value is -0.750. The van der Waals surface area contributed by atoms with E-state index < -0.39 is 0 Å². The van der Waals surface area contributed by atoms with Gasteiger partial charge in [-0.3, -0.25) is 0 Å². The molecule has 0 fully saturated rings. The largest absolute Gasteiger partial charge is 0.486 e. The molecule has 0 spiro atoms.